The number of aliphatic hydroxyl groups is 1. The highest BCUT2D eigenvalue weighted by Gasteiger charge is 2.52. The molecule has 1 rings (SSSR count). The summed E-state index contributed by atoms with van der Waals surface area (Å²) in [4.78, 5) is 77.7. The molecule has 0 aromatic rings. The maximum Gasteiger partial charge on any atom is 0.470 e. The molecule has 9 atom stereocenters. The van der Waals surface area contributed by atoms with E-state index in [0.717, 1.165) is 148 Å². The number of phosphoric ester groups is 1. The van der Waals surface area contributed by atoms with Crippen LogP contribution in [0.2, 0.25) is 0 Å². The van der Waals surface area contributed by atoms with E-state index < -0.39 is 99.8 Å². The van der Waals surface area contributed by atoms with Gasteiger partial charge in [-0.05, 0) is 38.5 Å². The minimum absolute atomic E-state index is 0.0767. The van der Waals surface area contributed by atoms with E-state index in [1.165, 1.54) is 180 Å². The normalized spacial score (nSPS) is 17.7. The lowest BCUT2D eigenvalue weighted by Crippen LogP contribution is -2.66. The van der Waals surface area contributed by atoms with Gasteiger partial charge in [0.2, 0.25) is 11.8 Å². The Balaban J connectivity index is 3.73. The molecule has 1 fully saturated rings. The number of carbonyl (C=O) groups excluding carboxylic acids is 3. The number of unbranched alkanes of at least 4 members (excludes halogenated alkanes) is 45. The van der Waals surface area contributed by atoms with E-state index in [2.05, 4.69) is 52.2 Å². The van der Waals surface area contributed by atoms with E-state index in [0.29, 0.717) is 39.1 Å². The van der Waals surface area contributed by atoms with E-state index in [-0.39, 0.29) is 19.3 Å². The Kier molecular flexibility index (Phi) is 65.6. The molecule has 19 heteroatoms. The molecule has 0 bridgehead atoms. The summed E-state index contributed by atoms with van der Waals surface area (Å²) in [7, 11) is -5.44. The molecule has 18 nitrogen and oxygen atoms in total. The molecular weight excluding hydrogens is 1290 g/mol. The van der Waals surface area contributed by atoms with Crippen molar-refractivity contribution in [2.45, 2.75) is 463 Å². The zero-order chi connectivity index (χ0) is 73.2. The number of nitrogens with one attached hydrogen (secondary N) is 2. The summed E-state index contributed by atoms with van der Waals surface area (Å²) in [6, 6.07) is -3.22. The molecule has 100 heavy (non-hydrogen) atoms. The molecule has 0 aromatic carbocycles. The number of hydrogen-bond acceptors (Lipinski definition) is 13. The third-order valence-corrected chi connectivity index (χ3v) is 20.4. The van der Waals surface area contributed by atoms with Gasteiger partial charge in [-0.1, -0.05) is 350 Å². The number of carboxylic acids is 1. The molecule has 592 valence electrons. The van der Waals surface area contributed by atoms with Crippen molar-refractivity contribution >= 4 is 31.6 Å². The SMILES string of the molecule is CCCCCCCCCCC[C@H](CC(=O)N[C@H]1[C@H](OC[C@H](NC(=O)C[C@@H](CCCCCCCCCCC)OCCCCCCCCCC)C(=O)O)O[C@H](CO)[C@@H](OP(=O)(O)O)[C@@H]1OC(=O)C[C@@H](CCCCCCCCCCC)OCCCCCCCCCC)OCCCCCCCCCC. The predicted octanol–water partition coefficient (Wildman–Crippen LogP) is 20.7. The summed E-state index contributed by atoms with van der Waals surface area (Å²) >= 11 is 0. The minimum atomic E-state index is -5.44. The molecule has 0 saturated carbocycles. The van der Waals surface area contributed by atoms with Crippen molar-refractivity contribution < 1.29 is 76.7 Å². The predicted molar refractivity (Wildman–Crippen MR) is 406 cm³/mol. The van der Waals surface area contributed by atoms with Gasteiger partial charge in [-0.15, -0.1) is 0 Å². The maximum atomic E-state index is 14.8. The molecule has 0 spiro atoms. The first kappa shape index (κ1) is 95.8. The summed E-state index contributed by atoms with van der Waals surface area (Å²) in [6.07, 6.45) is 50.2. The summed E-state index contributed by atoms with van der Waals surface area (Å²) in [6.45, 7) is 13.0. The van der Waals surface area contributed by atoms with Gasteiger partial charge < -0.3 is 59.1 Å². The number of ether oxygens (including phenoxy) is 6. The van der Waals surface area contributed by atoms with Gasteiger partial charge in [0.25, 0.3) is 0 Å². The standard InChI is InChI=1S/C81H157N2O16P/c1-7-13-19-25-31-37-40-46-52-58-69(93-61-55-49-43-34-28-22-16-10-4)64-74(85)82-72(80(88)89)68-96-81-77(83-75(86)65-70(59-53-47-41-38-32-26-20-14-8-2)94-62-56-50-44-35-29-23-17-11-5)79(78(73(67-84)97-81)99-100(90,91)92)98-76(87)66-71(60-54-48-42-39-33-27-21-15-9-3)95-63-57-51-45-36-30-24-18-12-6/h69-73,77-79,81,84H,7-68H2,1-6H3,(H,82,85)(H,83,86)(H,88,89)(H2,90,91,92)/t69-,70-,71-,72+,73-,77-,78-,79-,81-/m1/s1. The van der Waals surface area contributed by atoms with E-state index >= 15 is 0 Å². The van der Waals surface area contributed by atoms with Crippen LogP contribution in [-0.4, -0.2) is 132 Å². The van der Waals surface area contributed by atoms with Gasteiger partial charge in [0.15, 0.2) is 18.4 Å². The first-order valence-corrected chi connectivity index (χ1v) is 43.7. The van der Waals surface area contributed by atoms with Crippen LogP contribution in [0, 0.1) is 0 Å². The van der Waals surface area contributed by atoms with Crippen LogP contribution in [0.1, 0.15) is 408 Å². The van der Waals surface area contributed by atoms with Crippen LogP contribution in [-0.2, 0) is 56.7 Å². The van der Waals surface area contributed by atoms with Crippen molar-refractivity contribution in [1.82, 2.24) is 10.6 Å². The molecule has 1 saturated heterocycles. The highest BCUT2D eigenvalue weighted by atomic mass is 31.2. The number of carboxylic acid groups (broad SMARTS) is 1. The van der Waals surface area contributed by atoms with Crippen molar-refractivity contribution in [3.05, 3.63) is 0 Å². The Bertz CT molecular complexity index is 1850. The van der Waals surface area contributed by atoms with Gasteiger partial charge in [0.05, 0.1) is 50.8 Å². The maximum absolute atomic E-state index is 14.8. The van der Waals surface area contributed by atoms with E-state index in [4.69, 9.17) is 32.9 Å². The Hall–Kier alpha value is -2.25. The Morgan fingerprint density at radius 1 is 0.410 bits per heavy atom. The fraction of sp³-hybridized carbons (Fsp3) is 0.951. The lowest BCUT2D eigenvalue weighted by molar-refractivity contribution is -0.272. The summed E-state index contributed by atoms with van der Waals surface area (Å²) in [5.41, 5.74) is 0. The van der Waals surface area contributed by atoms with Crippen LogP contribution < -0.4 is 10.6 Å². The Morgan fingerprint density at radius 2 is 0.710 bits per heavy atom. The minimum Gasteiger partial charge on any atom is -0.480 e. The lowest BCUT2D eigenvalue weighted by Gasteiger charge is -2.45. The number of phosphoric acid groups is 1. The van der Waals surface area contributed by atoms with Crippen molar-refractivity contribution in [3.63, 3.8) is 0 Å². The van der Waals surface area contributed by atoms with Crippen LogP contribution in [0.4, 0.5) is 0 Å². The van der Waals surface area contributed by atoms with Gasteiger partial charge in [0.1, 0.15) is 18.2 Å². The molecule has 6 N–H and O–H groups in total. The second-order valence-corrected chi connectivity index (χ2v) is 30.7. The van der Waals surface area contributed by atoms with Crippen LogP contribution >= 0.6 is 7.82 Å². The van der Waals surface area contributed by atoms with Crippen molar-refractivity contribution in [2.24, 2.45) is 0 Å². The second-order valence-electron chi connectivity index (χ2n) is 29.5. The average molecular weight is 1450 g/mol. The molecule has 0 aromatic heterocycles. The number of amides is 2. The fourth-order valence-electron chi connectivity index (χ4n) is 13.7. The molecule has 1 heterocycles. The smallest absolute Gasteiger partial charge is 0.470 e. The van der Waals surface area contributed by atoms with Crippen LogP contribution in [0.3, 0.4) is 0 Å². The molecule has 0 radical (unpaired) electrons. The first-order valence-electron chi connectivity index (χ1n) is 42.1. The molecule has 1 aliphatic heterocycles. The van der Waals surface area contributed by atoms with Crippen molar-refractivity contribution in [1.29, 1.82) is 0 Å². The largest absolute Gasteiger partial charge is 0.480 e. The lowest BCUT2D eigenvalue weighted by atomic mass is 9.95. The monoisotopic (exact) mass is 1450 g/mol. The van der Waals surface area contributed by atoms with Gasteiger partial charge in [-0.2, -0.15) is 0 Å². The molecule has 2 amide bonds. The second kappa shape index (κ2) is 68.6. The number of aliphatic hydroxyl groups excluding tert-OH is 1. The van der Waals surface area contributed by atoms with Gasteiger partial charge >= 0.3 is 19.8 Å². The quantitative estimate of drug-likeness (QED) is 0.0188. The highest BCUT2D eigenvalue weighted by molar-refractivity contribution is 7.46. The summed E-state index contributed by atoms with van der Waals surface area (Å²) in [5, 5.41) is 27.3. The van der Waals surface area contributed by atoms with Crippen LogP contribution in [0.5, 0.6) is 0 Å². The zero-order valence-corrected chi connectivity index (χ0v) is 66.1. The molecule has 0 unspecified atom stereocenters. The Morgan fingerprint density at radius 3 is 1.02 bits per heavy atom. The number of esters is 1. The Labute approximate surface area is 611 Å². The van der Waals surface area contributed by atoms with Gasteiger partial charge in [0, 0.05) is 19.8 Å². The number of aliphatic carboxylic acids is 1. The molecular formula is C81H157N2O16P. The van der Waals surface area contributed by atoms with Crippen LogP contribution in [0.25, 0.3) is 0 Å². The van der Waals surface area contributed by atoms with E-state index in [9.17, 15) is 43.7 Å². The van der Waals surface area contributed by atoms with Crippen molar-refractivity contribution in [2.75, 3.05) is 33.0 Å². The van der Waals surface area contributed by atoms with E-state index in [1.807, 2.05) is 0 Å². The summed E-state index contributed by atoms with van der Waals surface area (Å²) < 4.78 is 56.7. The van der Waals surface area contributed by atoms with E-state index in [1.54, 1.807) is 0 Å². The zero-order valence-electron chi connectivity index (χ0n) is 65.2. The number of rotatable bonds is 76. The van der Waals surface area contributed by atoms with Gasteiger partial charge in [-0.25, -0.2) is 9.36 Å². The molecule has 1 aliphatic rings. The number of carbonyl (C=O) groups is 4. The number of hydrogen-bond donors (Lipinski definition) is 6. The third-order valence-electron chi connectivity index (χ3n) is 19.9. The molecule has 0 aliphatic carbocycles. The summed E-state index contributed by atoms with van der Waals surface area (Å²) in [5.74, 6) is -3.33. The van der Waals surface area contributed by atoms with Gasteiger partial charge in [-0.3, -0.25) is 18.9 Å². The topological polar surface area (TPSA) is 255 Å². The highest BCUT2D eigenvalue weighted by Crippen LogP contribution is 2.42. The first-order chi connectivity index (χ1) is 48.7. The third kappa shape index (κ3) is 56.1. The average Bonchev–Trinajstić information content (AvgIpc) is 0.781. The van der Waals surface area contributed by atoms with Crippen molar-refractivity contribution in [3.8, 4) is 0 Å². The van der Waals surface area contributed by atoms with Crippen LogP contribution in [0.15, 0.2) is 0 Å². The fourth-order valence-corrected chi connectivity index (χ4v) is 14.2.